The normalized spacial score (nSPS) is 10.2. The van der Waals surface area contributed by atoms with Gasteiger partial charge in [0.25, 0.3) is 0 Å². The van der Waals surface area contributed by atoms with Crippen LogP contribution in [0.15, 0.2) is 48.6 Å². The highest BCUT2D eigenvalue weighted by atomic mass is 14.5. The molecular formula is C16H27N. The first-order valence-corrected chi connectivity index (χ1v) is 6.43. The SMILES string of the molecule is C1=CCC=C1.CC.CC.Cc1ccc(N)cc1. The summed E-state index contributed by atoms with van der Waals surface area (Å²) in [5.41, 5.74) is 7.51. The Balaban J connectivity index is 0. The quantitative estimate of drug-likeness (QED) is 0.617. The largest absolute Gasteiger partial charge is 0.399 e. The van der Waals surface area contributed by atoms with Gasteiger partial charge in [-0.2, -0.15) is 0 Å². The van der Waals surface area contributed by atoms with Crippen LogP contribution in [-0.2, 0) is 0 Å². The predicted octanol–water partition coefficient (Wildman–Crippen LogP) is 5.13. The molecule has 2 rings (SSSR count). The Labute approximate surface area is 107 Å². The van der Waals surface area contributed by atoms with Crippen molar-refractivity contribution in [3.05, 3.63) is 54.1 Å². The lowest BCUT2D eigenvalue weighted by atomic mass is 10.2. The Morgan fingerprint density at radius 3 is 1.47 bits per heavy atom. The van der Waals surface area contributed by atoms with Gasteiger partial charge in [-0.05, 0) is 25.5 Å². The van der Waals surface area contributed by atoms with Crippen molar-refractivity contribution < 1.29 is 0 Å². The van der Waals surface area contributed by atoms with Crippen LogP contribution in [0.25, 0.3) is 0 Å². The molecule has 0 bridgehead atoms. The summed E-state index contributed by atoms with van der Waals surface area (Å²) >= 11 is 0. The summed E-state index contributed by atoms with van der Waals surface area (Å²) in [6.45, 7) is 10.0. The van der Waals surface area contributed by atoms with Crippen molar-refractivity contribution >= 4 is 5.69 Å². The lowest BCUT2D eigenvalue weighted by Gasteiger charge is -1.90. The van der Waals surface area contributed by atoms with Crippen molar-refractivity contribution in [1.82, 2.24) is 0 Å². The van der Waals surface area contributed by atoms with E-state index in [0.717, 1.165) is 12.1 Å². The van der Waals surface area contributed by atoms with Gasteiger partial charge in [-0.15, -0.1) is 0 Å². The van der Waals surface area contributed by atoms with Gasteiger partial charge in [0, 0.05) is 5.69 Å². The molecular weight excluding hydrogens is 206 g/mol. The molecule has 96 valence electrons. The lowest BCUT2D eigenvalue weighted by Crippen LogP contribution is -1.81. The number of hydrogen-bond donors (Lipinski definition) is 1. The third kappa shape index (κ3) is 12.4. The second-order valence-electron chi connectivity index (χ2n) is 3.00. The summed E-state index contributed by atoms with van der Waals surface area (Å²) in [4.78, 5) is 0. The van der Waals surface area contributed by atoms with E-state index in [-0.39, 0.29) is 0 Å². The Morgan fingerprint density at radius 2 is 1.24 bits per heavy atom. The third-order valence-electron chi connectivity index (χ3n) is 1.73. The molecule has 0 saturated heterocycles. The number of allylic oxidation sites excluding steroid dienone is 4. The second kappa shape index (κ2) is 14.5. The number of aryl methyl sites for hydroxylation is 1. The van der Waals surface area contributed by atoms with Gasteiger partial charge in [0.1, 0.15) is 0 Å². The summed E-state index contributed by atoms with van der Waals surface area (Å²) in [7, 11) is 0. The van der Waals surface area contributed by atoms with E-state index in [1.54, 1.807) is 0 Å². The minimum Gasteiger partial charge on any atom is -0.399 e. The van der Waals surface area contributed by atoms with Crippen LogP contribution in [0.3, 0.4) is 0 Å². The van der Waals surface area contributed by atoms with Crippen LogP contribution in [-0.4, -0.2) is 0 Å². The fraction of sp³-hybridized carbons (Fsp3) is 0.375. The minimum absolute atomic E-state index is 0.829. The first-order valence-electron chi connectivity index (χ1n) is 6.43. The van der Waals surface area contributed by atoms with Crippen molar-refractivity contribution in [1.29, 1.82) is 0 Å². The molecule has 2 N–H and O–H groups in total. The van der Waals surface area contributed by atoms with Gasteiger partial charge in [0.15, 0.2) is 0 Å². The molecule has 0 unspecified atom stereocenters. The molecule has 17 heavy (non-hydrogen) atoms. The summed E-state index contributed by atoms with van der Waals surface area (Å²) in [6, 6.07) is 7.79. The molecule has 0 atom stereocenters. The van der Waals surface area contributed by atoms with Crippen LogP contribution in [0.5, 0.6) is 0 Å². The Morgan fingerprint density at radius 1 is 0.824 bits per heavy atom. The predicted molar refractivity (Wildman–Crippen MR) is 81.2 cm³/mol. The van der Waals surface area contributed by atoms with Gasteiger partial charge in [0.05, 0.1) is 0 Å². The van der Waals surface area contributed by atoms with Gasteiger partial charge in [-0.25, -0.2) is 0 Å². The fourth-order valence-electron chi connectivity index (χ4n) is 0.959. The zero-order chi connectivity index (χ0) is 13.5. The van der Waals surface area contributed by atoms with Crippen LogP contribution >= 0.6 is 0 Å². The monoisotopic (exact) mass is 233 g/mol. The zero-order valence-corrected chi connectivity index (χ0v) is 11.9. The van der Waals surface area contributed by atoms with Crippen LogP contribution in [0.2, 0.25) is 0 Å². The van der Waals surface area contributed by atoms with Gasteiger partial charge >= 0.3 is 0 Å². The Hall–Kier alpha value is -1.50. The van der Waals surface area contributed by atoms with Crippen LogP contribution < -0.4 is 5.73 Å². The number of anilines is 1. The molecule has 1 nitrogen and oxygen atoms in total. The van der Waals surface area contributed by atoms with Gasteiger partial charge in [-0.1, -0.05) is 69.7 Å². The number of nitrogen functional groups attached to an aromatic ring is 1. The van der Waals surface area contributed by atoms with Crippen molar-refractivity contribution in [2.24, 2.45) is 0 Å². The van der Waals surface area contributed by atoms with Crippen molar-refractivity contribution in [2.45, 2.75) is 41.0 Å². The minimum atomic E-state index is 0.829. The molecule has 0 fully saturated rings. The molecule has 0 saturated carbocycles. The molecule has 0 aliphatic heterocycles. The van der Waals surface area contributed by atoms with E-state index in [9.17, 15) is 0 Å². The molecule has 0 amide bonds. The highest BCUT2D eigenvalue weighted by Crippen LogP contribution is 2.02. The Bertz CT molecular complexity index is 263. The molecule has 0 spiro atoms. The number of hydrogen-bond acceptors (Lipinski definition) is 1. The van der Waals surface area contributed by atoms with E-state index in [1.807, 2.05) is 58.9 Å². The Kier molecular flexibility index (Phi) is 15.3. The zero-order valence-electron chi connectivity index (χ0n) is 11.9. The summed E-state index contributed by atoms with van der Waals surface area (Å²) in [6.07, 6.45) is 9.50. The van der Waals surface area contributed by atoms with E-state index in [1.165, 1.54) is 5.56 Å². The maximum absolute atomic E-state index is 5.43. The molecule has 1 aromatic carbocycles. The van der Waals surface area contributed by atoms with Gasteiger partial charge < -0.3 is 5.73 Å². The molecule has 1 heteroatoms. The first-order chi connectivity index (χ1) is 8.29. The van der Waals surface area contributed by atoms with Crippen molar-refractivity contribution in [2.75, 3.05) is 5.73 Å². The third-order valence-corrected chi connectivity index (χ3v) is 1.73. The number of nitrogens with two attached hydrogens (primary N) is 1. The smallest absolute Gasteiger partial charge is 0.0314 e. The van der Waals surface area contributed by atoms with Crippen molar-refractivity contribution in [3.8, 4) is 0 Å². The average molecular weight is 233 g/mol. The summed E-state index contributed by atoms with van der Waals surface area (Å²) in [5.74, 6) is 0. The molecule has 1 aliphatic carbocycles. The molecule has 1 aromatic rings. The van der Waals surface area contributed by atoms with E-state index >= 15 is 0 Å². The average Bonchev–Trinajstić information content (AvgIpc) is 2.97. The van der Waals surface area contributed by atoms with E-state index in [0.29, 0.717) is 0 Å². The maximum atomic E-state index is 5.43. The van der Waals surface area contributed by atoms with Crippen molar-refractivity contribution in [3.63, 3.8) is 0 Å². The van der Waals surface area contributed by atoms with Crippen LogP contribution in [0.1, 0.15) is 39.7 Å². The summed E-state index contributed by atoms with van der Waals surface area (Å²) in [5, 5.41) is 0. The second-order valence-corrected chi connectivity index (χ2v) is 3.00. The molecule has 1 aliphatic rings. The van der Waals surface area contributed by atoms with Gasteiger partial charge in [0.2, 0.25) is 0 Å². The van der Waals surface area contributed by atoms with E-state index in [4.69, 9.17) is 5.73 Å². The number of rotatable bonds is 0. The standard InChI is InChI=1S/C7H9N.C5H6.2C2H6/c1-6-2-4-7(8)5-3-6;1-2-4-5-3-1;2*1-2/h2-5H,8H2,1H3;1-4H,5H2;2*1-2H3. The van der Waals surface area contributed by atoms with Crippen LogP contribution in [0, 0.1) is 6.92 Å². The van der Waals surface area contributed by atoms with E-state index < -0.39 is 0 Å². The number of benzene rings is 1. The lowest BCUT2D eigenvalue weighted by molar-refractivity contribution is 1.45. The highest BCUT2D eigenvalue weighted by molar-refractivity contribution is 5.38. The highest BCUT2D eigenvalue weighted by Gasteiger charge is 1.80. The fourth-order valence-corrected chi connectivity index (χ4v) is 0.959. The first kappa shape index (κ1) is 17.9. The molecule has 0 heterocycles. The topological polar surface area (TPSA) is 26.0 Å². The molecule has 0 aromatic heterocycles. The summed E-state index contributed by atoms with van der Waals surface area (Å²) < 4.78 is 0. The molecule has 0 radical (unpaired) electrons. The van der Waals surface area contributed by atoms with Crippen LogP contribution in [0.4, 0.5) is 5.69 Å². The van der Waals surface area contributed by atoms with E-state index in [2.05, 4.69) is 24.3 Å². The maximum Gasteiger partial charge on any atom is 0.0314 e. The van der Waals surface area contributed by atoms with Gasteiger partial charge in [-0.3, -0.25) is 0 Å².